The summed E-state index contributed by atoms with van der Waals surface area (Å²) in [5.74, 6) is -1.71. The van der Waals surface area contributed by atoms with Crippen LogP contribution in [-0.4, -0.2) is 30.1 Å². The Morgan fingerprint density at radius 2 is 1.76 bits per heavy atom. The van der Waals surface area contributed by atoms with E-state index in [0.717, 1.165) is 5.56 Å². The molecule has 1 aliphatic carbocycles. The molecule has 1 saturated carbocycles. The monoisotopic (exact) mass is 343 g/mol. The number of carbonyl (C=O) groups excluding carboxylic acids is 1. The lowest BCUT2D eigenvalue weighted by Crippen LogP contribution is -2.46. The zero-order valence-electron chi connectivity index (χ0n) is 13.7. The van der Waals surface area contributed by atoms with Crippen LogP contribution < -0.4 is 10.1 Å². The molecule has 0 aliphatic heterocycles. The second-order valence-electron chi connectivity index (χ2n) is 6.10. The average molecular weight is 343 g/mol. The lowest BCUT2D eigenvalue weighted by molar-refractivity contribution is -0.145. The minimum absolute atomic E-state index is 0.0453. The van der Waals surface area contributed by atoms with E-state index in [9.17, 15) is 14.0 Å². The maximum Gasteiger partial charge on any atom is 0.306 e. The van der Waals surface area contributed by atoms with Crippen molar-refractivity contribution in [3.8, 4) is 16.9 Å². The van der Waals surface area contributed by atoms with Gasteiger partial charge in [-0.2, -0.15) is 0 Å². The number of aliphatic carboxylic acids is 1. The Morgan fingerprint density at radius 1 is 1.12 bits per heavy atom. The van der Waals surface area contributed by atoms with Crippen molar-refractivity contribution < 1.29 is 23.8 Å². The fourth-order valence-corrected chi connectivity index (χ4v) is 2.86. The van der Waals surface area contributed by atoms with Crippen LogP contribution in [0.3, 0.4) is 0 Å². The van der Waals surface area contributed by atoms with E-state index in [4.69, 9.17) is 9.84 Å². The molecule has 25 heavy (non-hydrogen) atoms. The number of hydrogen-bond acceptors (Lipinski definition) is 3. The van der Waals surface area contributed by atoms with Gasteiger partial charge in [0.25, 0.3) is 5.91 Å². The summed E-state index contributed by atoms with van der Waals surface area (Å²) in [7, 11) is 1.57. The molecule has 0 aromatic heterocycles. The van der Waals surface area contributed by atoms with Gasteiger partial charge in [0.1, 0.15) is 11.6 Å². The number of carboxylic acid groups (broad SMARTS) is 1. The Labute approximate surface area is 144 Å². The number of methoxy groups -OCH3 is 1. The molecule has 0 saturated heterocycles. The molecule has 3 rings (SSSR count). The van der Waals surface area contributed by atoms with Gasteiger partial charge in [0.05, 0.1) is 18.6 Å². The second kappa shape index (κ2) is 6.93. The first kappa shape index (κ1) is 17.0. The Hall–Kier alpha value is -2.89. The minimum Gasteiger partial charge on any atom is -0.497 e. The number of rotatable bonds is 5. The Bertz CT molecular complexity index is 798. The molecule has 130 valence electrons. The molecular formula is C19H18FNO4. The van der Waals surface area contributed by atoms with E-state index in [1.165, 1.54) is 12.1 Å². The molecule has 1 aliphatic rings. The highest BCUT2D eigenvalue weighted by atomic mass is 19.1. The van der Waals surface area contributed by atoms with E-state index in [0.29, 0.717) is 24.2 Å². The number of nitrogens with one attached hydrogen (secondary N) is 1. The lowest BCUT2D eigenvalue weighted by Gasteiger charge is -2.32. The summed E-state index contributed by atoms with van der Waals surface area (Å²) >= 11 is 0. The van der Waals surface area contributed by atoms with Gasteiger partial charge in [-0.3, -0.25) is 9.59 Å². The third kappa shape index (κ3) is 3.63. The van der Waals surface area contributed by atoms with Crippen LogP contribution >= 0.6 is 0 Å². The smallest absolute Gasteiger partial charge is 0.306 e. The van der Waals surface area contributed by atoms with Crippen LogP contribution in [0, 0.1) is 11.7 Å². The van der Waals surface area contributed by atoms with E-state index in [2.05, 4.69) is 5.32 Å². The first-order valence-corrected chi connectivity index (χ1v) is 7.95. The highest BCUT2D eigenvalue weighted by Crippen LogP contribution is 2.28. The predicted molar refractivity (Wildman–Crippen MR) is 90.0 cm³/mol. The number of halogens is 1. The van der Waals surface area contributed by atoms with Crippen LogP contribution in [0.2, 0.25) is 0 Å². The first-order valence-electron chi connectivity index (χ1n) is 7.95. The Balaban J connectivity index is 1.69. The maximum atomic E-state index is 14.3. The van der Waals surface area contributed by atoms with E-state index >= 15 is 0 Å². The van der Waals surface area contributed by atoms with Gasteiger partial charge in [-0.15, -0.1) is 0 Å². The third-order valence-electron chi connectivity index (χ3n) is 4.46. The van der Waals surface area contributed by atoms with Crippen molar-refractivity contribution in [2.24, 2.45) is 5.92 Å². The molecule has 0 spiro atoms. The molecule has 1 fully saturated rings. The maximum absolute atomic E-state index is 14.3. The fraction of sp³-hybridized carbons (Fsp3) is 0.263. The summed E-state index contributed by atoms with van der Waals surface area (Å²) in [6.45, 7) is 0. The van der Waals surface area contributed by atoms with Crippen LogP contribution in [0.4, 0.5) is 4.39 Å². The lowest BCUT2D eigenvalue weighted by atomic mass is 9.80. The van der Waals surface area contributed by atoms with Crippen LogP contribution in [0.5, 0.6) is 5.75 Å². The van der Waals surface area contributed by atoms with Crippen molar-refractivity contribution in [3.63, 3.8) is 0 Å². The Kier molecular flexibility index (Phi) is 4.70. The largest absolute Gasteiger partial charge is 0.497 e. The summed E-state index contributed by atoms with van der Waals surface area (Å²) in [4.78, 5) is 22.9. The summed E-state index contributed by atoms with van der Waals surface area (Å²) < 4.78 is 19.4. The minimum atomic E-state index is -0.861. The molecular weight excluding hydrogens is 325 g/mol. The number of ether oxygens (including phenoxy) is 1. The molecule has 0 radical (unpaired) electrons. The van der Waals surface area contributed by atoms with Crippen molar-refractivity contribution in [2.45, 2.75) is 18.9 Å². The van der Waals surface area contributed by atoms with Gasteiger partial charge in [-0.05, 0) is 48.2 Å². The molecule has 2 aromatic carbocycles. The van der Waals surface area contributed by atoms with Crippen molar-refractivity contribution in [1.29, 1.82) is 0 Å². The highest BCUT2D eigenvalue weighted by molar-refractivity contribution is 5.95. The number of carboxylic acids is 1. The normalized spacial score (nSPS) is 19.0. The number of benzene rings is 2. The molecule has 0 heterocycles. The molecule has 2 N–H and O–H groups in total. The van der Waals surface area contributed by atoms with Gasteiger partial charge in [0, 0.05) is 6.04 Å². The summed E-state index contributed by atoms with van der Waals surface area (Å²) in [5.41, 5.74) is 1.43. The number of amides is 1. The van der Waals surface area contributed by atoms with Crippen molar-refractivity contribution in [2.75, 3.05) is 7.11 Å². The standard InChI is InChI=1S/C19H18FNO4/c1-25-15-5-2-11(3-6-15)12-4-7-16(17(20)10-12)18(22)21-14-8-13(9-14)19(23)24/h2-7,10,13-14H,8-9H2,1H3,(H,21,22)(H,23,24). The topological polar surface area (TPSA) is 75.6 Å². The molecule has 0 atom stereocenters. The fourth-order valence-electron chi connectivity index (χ4n) is 2.86. The number of hydrogen-bond donors (Lipinski definition) is 2. The van der Waals surface area contributed by atoms with Crippen LogP contribution in [0.15, 0.2) is 42.5 Å². The van der Waals surface area contributed by atoms with Crippen molar-refractivity contribution in [1.82, 2.24) is 5.32 Å². The molecule has 6 heteroatoms. The highest BCUT2D eigenvalue weighted by Gasteiger charge is 2.35. The average Bonchev–Trinajstić information content (AvgIpc) is 2.57. The summed E-state index contributed by atoms with van der Waals surface area (Å²) in [6.07, 6.45) is 0.763. The van der Waals surface area contributed by atoms with Gasteiger partial charge in [-0.25, -0.2) is 4.39 Å². The van der Waals surface area contributed by atoms with Crippen LogP contribution in [0.1, 0.15) is 23.2 Å². The van der Waals surface area contributed by atoms with E-state index in [-0.39, 0.29) is 11.6 Å². The van der Waals surface area contributed by atoms with E-state index in [1.807, 2.05) is 12.1 Å². The van der Waals surface area contributed by atoms with Gasteiger partial charge in [0.15, 0.2) is 0 Å². The number of carbonyl (C=O) groups is 2. The molecule has 5 nitrogen and oxygen atoms in total. The SMILES string of the molecule is COc1ccc(-c2ccc(C(=O)NC3CC(C(=O)O)C3)c(F)c2)cc1. The van der Waals surface area contributed by atoms with E-state index in [1.54, 1.807) is 25.3 Å². The van der Waals surface area contributed by atoms with Gasteiger partial charge in [-0.1, -0.05) is 18.2 Å². The van der Waals surface area contributed by atoms with Gasteiger partial charge >= 0.3 is 5.97 Å². The molecule has 2 aromatic rings. The van der Waals surface area contributed by atoms with Gasteiger partial charge in [0.2, 0.25) is 0 Å². The summed E-state index contributed by atoms with van der Waals surface area (Å²) in [5, 5.41) is 11.5. The van der Waals surface area contributed by atoms with E-state index < -0.39 is 23.6 Å². The molecule has 0 bridgehead atoms. The first-order chi connectivity index (χ1) is 12.0. The summed E-state index contributed by atoms with van der Waals surface area (Å²) in [6, 6.07) is 11.4. The second-order valence-corrected chi connectivity index (χ2v) is 6.10. The quantitative estimate of drug-likeness (QED) is 0.875. The predicted octanol–water partition coefficient (Wildman–Crippen LogP) is 3.09. The zero-order valence-corrected chi connectivity index (χ0v) is 13.7. The molecule has 0 unspecified atom stereocenters. The van der Waals surface area contributed by atoms with Gasteiger partial charge < -0.3 is 15.2 Å². The Morgan fingerprint density at radius 3 is 2.32 bits per heavy atom. The zero-order chi connectivity index (χ0) is 18.0. The van der Waals surface area contributed by atoms with Crippen LogP contribution in [0.25, 0.3) is 11.1 Å². The van der Waals surface area contributed by atoms with Crippen LogP contribution in [-0.2, 0) is 4.79 Å². The third-order valence-corrected chi connectivity index (χ3v) is 4.46. The van der Waals surface area contributed by atoms with Crippen molar-refractivity contribution in [3.05, 3.63) is 53.8 Å². The molecule has 1 amide bonds. The van der Waals surface area contributed by atoms with Crippen molar-refractivity contribution >= 4 is 11.9 Å².